The van der Waals surface area contributed by atoms with Gasteiger partial charge in [-0.25, -0.2) is 0 Å². The highest BCUT2D eigenvalue weighted by molar-refractivity contribution is 6.35. The third-order valence-electron chi connectivity index (χ3n) is 5.50. The SMILES string of the molecule is COc1cc(OC)c2c(c1Cl)OC1(C2=O)C(O)=C(C=Nc2cccnc2)C(=O)CC1C. The minimum atomic E-state index is -1.82. The number of hydrogen-bond acceptors (Lipinski definition) is 8. The zero-order valence-electron chi connectivity index (χ0n) is 17.0. The number of hydrogen-bond donors (Lipinski definition) is 1. The summed E-state index contributed by atoms with van der Waals surface area (Å²) in [6.45, 7) is 1.66. The van der Waals surface area contributed by atoms with Crippen molar-refractivity contribution in [3.05, 3.63) is 52.5 Å². The van der Waals surface area contributed by atoms with Crippen LogP contribution in [-0.2, 0) is 4.79 Å². The number of carbonyl (C=O) groups excluding carboxylic acids is 2. The monoisotopic (exact) mass is 442 g/mol. The lowest BCUT2D eigenvalue weighted by Crippen LogP contribution is -2.52. The second-order valence-corrected chi connectivity index (χ2v) is 7.60. The molecule has 8 nitrogen and oxygen atoms in total. The van der Waals surface area contributed by atoms with Gasteiger partial charge in [-0.3, -0.25) is 19.6 Å². The number of carbonyl (C=O) groups is 2. The van der Waals surface area contributed by atoms with Crippen LogP contribution in [0.15, 0.2) is 46.9 Å². The van der Waals surface area contributed by atoms with Crippen LogP contribution in [0.1, 0.15) is 23.7 Å². The first-order valence-electron chi connectivity index (χ1n) is 9.44. The summed E-state index contributed by atoms with van der Waals surface area (Å²) >= 11 is 6.40. The van der Waals surface area contributed by atoms with Gasteiger partial charge in [0, 0.05) is 30.8 Å². The fraction of sp³-hybridized carbons (Fsp3) is 0.273. The summed E-state index contributed by atoms with van der Waals surface area (Å²) in [4.78, 5) is 34.4. The number of rotatable bonds is 4. The third kappa shape index (κ3) is 3.06. The number of aliphatic hydroxyl groups excluding tert-OH is 1. The molecule has 1 N–H and O–H groups in total. The molecule has 1 aromatic heterocycles. The molecule has 4 rings (SSSR count). The van der Waals surface area contributed by atoms with E-state index in [-0.39, 0.29) is 45.6 Å². The Morgan fingerprint density at radius 3 is 2.71 bits per heavy atom. The maximum Gasteiger partial charge on any atom is 0.231 e. The minimum absolute atomic E-state index is 0.0325. The molecule has 0 amide bonds. The van der Waals surface area contributed by atoms with Crippen molar-refractivity contribution in [2.75, 3.05) is 14.2 Å². The molecule has 2 heterocycles. The Balaban J connectivity index is 1.87. The maximum atomic E-state index is 13.6. The molecule has 2 aromatic rings. The zero-order valence-corrected chi connectivity index (χ0v) is 17.8. The summed E-state index contributed by atoms with van der Waals surface area (Å²) in [6.07, 6.45) is 4.28. The van der Waals surface area contributed by atoms with Crippen LogP contribution in [-0.4, -0.2) is 47.7 Å². The van der Waals surface area contributed by atoms with Crippen LogP contribution in [0, 0.1) is 5.92 Å². The molecule has 0 bridgehead atoms. The number of aliphatic imine (C=N–C) groups is 1. The Morgan fingerprint density at radius 2 is 2.06 bits per heavy atom. The summed E-state index contributed by atoms with van der Waals surface area (Å²) in [5, 5.41) is 11.2. The molecule has 2 unspecified atom stereocenters. The first-order chi connectivity index (χ1) is 14.8. The smallest absolute Gasteiger partial charge is 0.231 e. The number of aromatic nitrogens is 1. The zero-order chi connectivity index (χ0) is 22.3. The molecule has 0 saturated heterocycles. The van der Waals surface area contributed by atoms with E-state index in [1.807, 2.05) is 0 Å². The van der Waals surface area contributed by atoms with Crippen LogP contribution in [0.3, 0.4) is 0 Å². The quantitative estimate of drug-likeness (QED) is 0.715. The van der Waals surface area contributed by atoms with Crippen LogP contribution < -0.4 is 14.2 Å². The predicted molar refractivity (Wildman–Crippen MR) is 113 cm³/mol. The van der Waals surface area contributed by atoms with Gasteiger partial charge in [-0.1, -0.05) is 18.5 Å². The van der Waals surface area contributed by atoms with Gasteiger partial charge in [0.05, 0.1) is 31.7 Å². The predicted octanol–water partition coefficient (Wildman–Crippen LogP) is 3.89. The van der Waals surface area contributed by atoms with Crippen LogP contribution >= 0.6 is 11.6 Å². The number of nitrogens with zero attached hydrogens (tertiary/aromatic N) is 2. The average Bonchev–Trinajstić information content (AvgIpc) is 3.08. The number of methoxy groups -OCH3 is 2. The minimum Gasteiger partial charge on any atom is -0.507 e. The topological polar surface area (TPSA) is 107 Å². The van der Waals surface area contributed by atoms with Crippen molar-refractivity contribution >= 4 is 35.1 Å². The van der Waals surface area contributed by atoms with Crippen molar-refractivity contribution < 1.29 is 28.9 Å². The summed E-state index contributed by atoms with van der Waals surface area (Å²) in [7, 11) is 2.82. The normalized spacial score (nSPS) is 22.8. The Hall–Kier alpha value is -3.39. The van der Waals surface area contributed by atoms with E-state index in [9.17, 15) is 14.7 Å². The lowest BCUT2D eigenvalue weighted by molar-refractivity contribution is -0.118. The molecule has 9 heteroatoms. The fourth-order valence-electron chi connectivity index (χ4n) is 3.88. The van der Waals surface area contributed by atoms with E-state index in [0.29, 0.717) is 5.69 Å². The molecule has 1 spiro atoms. The van der Waals surface area contributed by atoms with E-state index in [0.717, 1.165) is 0 Å². The van der Waals surface area contributed by atoms with Crippen LogP contribution in [0.25, 0.3) is 0 Å². The van der Waals surface area contributed by atoms with Gasteiger partial charge in [0.25, 0.3) is 0 Å². The number of benzene rings is 1. The highest BCUT2D eigenvalue weighted by atomic mass is 35.5. The molecule has 1 aliphatic heterocycles. The summed E-state index contributed by atoms with van der Waals surface area (Å²) in [5.41, 5.74) is -1.36. The van der Waals surface area contributed by atoms with Crippen LogP contribution in [0.5, 0.6) is 17.2 Å². The summed E-state index contributed by atoms with van der Waals surface area (Å²) < 4.78 is 16.6. The van der Waals surface area contributed by atoms with Crippen molar-refractivity contribution in [2.24, 2.45) is 10.9 Å². The Morgan fingerprint density at radius 1 is 1.32 bits per heavy atom. The van der Waals surface area contributed by atoms with E-state index < -0.39 is 23.1 Å². The highest BCUT2D eigenvalue weighted by Crippen LogP contribution is 2.54. The highest BCUT2D eigenvalue weighted by Gasteiger charge is 2.60. The van der Waals surface area contributed by atoms with Gasteiger partial charge in [-0.2, -0.15) is 0 Å². The van der Waals surface area contributed by atoms with E-state index in [2.05, 4.69) is 9.98 Å². The number of allylic oxidation sites excluding steroid dienone is 1. The van der Waals surface area contributed by atoms with Crippen molar-refractivity contribution in [1.82, 2.24) is 4.98 Å². The number of aliphatic hydroxyl groups is 1. The van der Waals surface area contributed by atoms with Crippen molar-refractivity contribution in [2.45, 2.75) is 18.9 Å². The average molecular weight is 443 g/mol. The van der Waals surface area contributed by atoms with Crippen molar-refractivity contribution in [3.8, 4) is 17.2 Å². The Kier molecular flexibility index (Phi) is 5.18. The number of ether oxygens (including phenoxy) is 3. The molecule has 1 aromatic carbocycles. The second-order valence-electron chi connectivity index (χ2n) is 7.23. The fourth-order valence-corrected chi connectivity index (χ4v) is 4.15. The van der Waals surface area contributed by atoms with Crippen LogP contribution in [0.2, 0.25) is 5.02 Å². The van der Waals surface area contributed by atoms with Gasteiger partial charge in [0.1, 0.15) is 22.1 Å². The first kappa shape index (κ1) is 20.9. The van der Waals surface area contributed by atoms with E-state index in [4.69, 9.17) is 25.8 Å². The third-order valence-corrected chi connectivity index (χ3v) is 5.86. The Bertz CT molecular complexity index is 1140. The van der Waals surface area contributed by atoms with E-state index >= 15 is 0 Å². The molecule has 0 radical (unpaired) electrons. The molecular weight excluding hydrogens is 424 g/mol. The standard InChI is InChI=1S/C22H19ClN2O6/c1-11-7-14(26)13(10-25-12-5-4-6-24-9-12)20(27)22(11)21(28)17-15(29-2)8-16(30-3)18(23)19(17)31-22/h4-6,8-11,27H,7H2,1-3H3. The van der Waals surface area contributed by atoms with Crippen molar-refractivity contribution in [3.63, 3.8) is 0 Å². The number of fused-ring (bicyclic) bond motifs is 1. The molecular formula is C22H19ClN2O6. The molecule has 0 fully saturated rings. The van der Waals surface area contributed by atoms with Gasteiger partial charge in [0.2, 0.25) is 11.4 Å². The number of pyridine rings is 1. The summed E-state index contributed by atoms with van der Waals surface area (Å²) in [6, 6.07) is 4.86. The largest absolute Gasteiger partial charge is 0.507 e. The molecule has 0 saturated carbocycles. The lowest BCUT2D eigenvalue weighted by atomic mass is 9.73. The van der Waals surface area contributed by atoms with Gasteiger partial charge in [-0.05, 0) is 12.1 Å². The Labute approximate surface area is 183 Å². The maximum absolute atomic E-state index is 13.6. The number of Topliss-reactive ketones (excluding diaryl/α,β-unsaturated/α-hetero) is 2. The van der Waals surface area contributed by atoms with Gasteiger partial charge in [0.15, 0.2) is 17.3 Å². The van der Waals surface area contributed by atoms with Crippen molar-refractivity contribution in [1.29, 1.82) is 0 Å². The molecule has 160 valence electrons. The van der Waals surface area contributed by atoms with Gasteiger partial charge >= 0.3 is 0 Å². The van der Waals surface area contributed by atoms with Gasteiger partial charge < -0.3 is 19.3 Å². The molecule has 1 aliphatic carbocycles. The van der Waals surface area contributed by atoms with E-state index in [1.165, 1.54) is 32.7 Å². The number of halogens is 1. The second kappa shape index (κ2) is 7.70. The summed E-state index contributed by atoms with van der Waals surface area (Å²) in [5.74, 6) is -1.59. The van der Waals surface area contributed by atoms with Crippen LogP contribution in [0.4, 0.5) is 5.69 Å². The molecule has 2 aliphatic rings. The molecule has 2 atom stereocenters. The van der Waals surface area contributed by atoms with E-state index in [1.54, 1.807) is 25.3 Å². The lowest BCUT2D eigenvalue weighted by Gasteiger charge is -2.36. The molecule has 31 heavy (non-hydrogen) atoms. The first-order valence-corrected chi connectivity index (χ1v) is 9.82. The number of ketones is 2. The van der Waals surface area contributed by atoms with Gasteiger partial charge in [-0.15, -0.1) is 0 Å².